The van der Waals surface area contributed by atoms with E-state index in [1.807, 2.05) is 0 Å². The lowest BCUT2D eigenvalue weighted by atomic mass is 10.0. The van der Waals surface area contributed by atoms with Crippen LogP contribution in [0.4, 0.5) is 0 Å². The van der Waals surface area contributed by atoms with Gasteiger partial charge in [-0.1, -0.05) is 5.92 Å². The van der Waals surface area contributed by atoms with Gasteiger partial charge in [-0.05, 0) is 20.9 Å². The number of piperazine rings is 1. The van der Waals surface area contributed by atoms with Gasteiger partial charge in [-0.3, -0.25) is 9.80 Å². The summed E-state index contributed by atoms with van der Waals surface area (Å²) in [4.78, 5) is 4.75. The maximum absolute atomic E-state index is 5.31. The molecule has 1 aliphatic heterocycles. The van der Waals surface area contributed by atoms with Crippen LogP contribution in [0.1, 0.15) is 13.8 Å². The summed E-state index contributed by atoms with van der Waals surface area (Å²) in [6.07, 6.45) is 5.31. The minimum absolute atomic E-state index is 0.216. The van der Waals surface area contributed by atoms with Gasteiger partial charge in [-0.25, -0.2) is 0 Å². The molecule has 3 nitrogen and oxygen atoms in total. The molecule has 15 heavy (non-hydrogen) atoms. The summed E-state index contributed by atoms with van der Waals surface area (Å²) in [5.41, 5.74) is 0.216. The average molecular weight is 209 g/mol. The van der Waals surface area contributed by atoms with Gasteiger partial charge in [0.15, 0.2) is 0 Å². The third-order valence-corrected chi connectivity index (χ3v) is 2.99. The highest BCUT2D eigenvalue weighted by atomic mass is 15.3. The Morgan fingerprint density at radius 1 is 1.40 bits per heavy atom. The number of nitrogens with zero attached hydrogens (tertiary/aromatic N) is 2. The number of rotatable bonds is 4. The quantitative estimate of drug-likeness (QED) is 0.669. The topological polar surface area (TPSA) is 18.5 Å². The Kier molecular flexibility index (Phi) is 4.59. The van der Waals surface area contributed by atoms with Crippen LogP contribution < -0.4 is 5.32 Å². The molecular weight excluding hydrogens is 186 g/mol. The SMILES string of the molecule is C#CCN(C)CC(C)(C)N1CCNCC1. The lowest BCUT2D eigenvalue weighted by molar-refractivity contribution is 0.0751. The third-order valence-electron chi connectivity index (χ3n) is 2.99. The van der Waals surface area contributed by atoms with Crippen molar-refractivity contribution >= 4 is 0 Å². The lowest BCUT2D eigenvalue weighted by Crippen LogP contribution is -2.57. The van der Waals surface area contributed by atoms with E-state index in [4.69, 9.17) is 6.42 Å². The first kappa shape index (κ1) is 12.5. The van der Waals surface area contributed by atoms with Crippen molar-refractivity contribution in [1.29, 1.82) is 0 Å². The Morgan fingerprint density at radius 2 is 2.00 bits per heavy atom. The molecule has 1 N–H and O–H groups in total. The van der Waals surface area contributed by atoms with E-state index in [-0.39, 0.29) is 5.54 Å². The zero-order valence-electron chi connectivity index (χ0n) is 10.2. The molecule has 0 spiro atoms. The van der Waals surface area contributed by atoms with Crippen LogP contribution in [0.25, 0.3) is 0 Å². The molecule has 0 radical (unpaired) electrons. The van der Waals surface area contributed by atoms with Crippen LogP contribution >= 0.6 is 0 Å². The fourth-order valence-corrected chi connectivity index (χ4v) is 2.24. The minimum Gasteiger partial charge on any atom is -0.314 e. The van der Waals surface area contributed by atoms with E-state index in [1.165, 1.54) is 0 Å². The molecule has 0 atom stereocenters. The molecule has 0 saturated carbocycles. The fourth-order valence-electron chi connectivity index (χ4n) is 2.24. The molecule has 0 bridgehead atoms. The summed E-state index contributed by atoms with van der Waals surface area (Å²) < 4.78 is 0. The molecule has 0 aromatic rings. The molecule has 1 aliphatic rings. The van der Waals surface area contributed by atoms with E-state index in [1.54, 1.807) is 0 Å². The van der Waals surface area contributed by atoms with E-state index in [9.17, 15) is 0 Å². The third kappa shape index (κ3) is 3.83. The Balaban J connectivity index is 2.45. The fraction of sp³-hybridized carbons (Fsp3) is 0.833. The normalized spacial score (nSPS) is 19.1. The van der Waals surface area contributed by atoms with Crippen LogP contribution in [0.15, 0.2) is 0 Å². The van der Waals surface area contributed by atoms with Gasteiger partial charge in [-0.15, -0.1) is 6.42 Å². The van der Waals surface area contributed by atoms with E-state index in [2.05, 4.69) is 41.9 Å². The number of terminal acetylenes is 1. The smallest absolute Gasteiger partial charge is 0.0597 e. The van der Waals surface area contributed by atoms with Crippen molar-refractivity contribution in [1.82, 2.24) is 15.1 Å². The van der Waals surface area contributed by atoms with Gasteiger partial charge in [-0.2, -0.15) is 0 Å². The maximum atomic E-state index is 5.31. The average Bonchev–Trinajstić information content (AvgIpc) is 2.18. The van der Waals surface area contributed by atoms with E-state index in [0.29, 0.717) is 0 Å². The highest BCUT2D eigenvalue weighted by Gasteiger charge is 2.28. The summed E-state index contributed by atoms with van der Waals surface area (Å²) in [7, 11) is 2.09. The zero-order valence-corrected chi connectivity index (χ0v) is 10.2. The molecule has 0 amide bonds. The second kappa shape index (κ2) is 5.50. The second-order valence-corrected chi connectivity index (χ2v) is 4.93. The molecule has 0 aliphatic carbocycles. The first-order valence-electron chi connectivity index (χ1n) is 5.64. The van der Waals surface area contributed by atoms with Gasteiger partial charge >= 0.3 is 0 Å². The van der Waals surface area contributed by atoms with Crippen molar-refractivity contribution in [2.24, 2.45) is 0 Å². The van der Waals surface area contributed by atoms with Gasteiger partial charge in [0.2, 0.25) is 0 Å². The molecule has 1 rings (SSSR count). The lowest BCUT2D eigenvalue weighted by Gasteiger charge is -2.43. The zero-order chi connectivity index (χ0) is 11.3. The predicted molar refractivity (Wildman–Crippen MR) is 64.9 cm³/mol. The summed E-state index contributed by atoms with van der Waals surface area (Å²) in [5.74, 6) is 2.69. The van der Waals surface area contributed by atoms with Crippen LogP contribution in [-0.2, 0) is 0 Å². The second-order valence-electron chi connectivity index (χ2n) is 4.93. The molecule has 3 heteroatoms. The van der Waals surface area contributed by atoms with Crippen LogP contribution in [0, 0.1) is 12.3 Å². The largest absolute Gasteiger partial charge is 0.314 e. The van der Waals surface area contributed by atoms with Gasteiger partial charge < -0.3 is 5.32 Å². The first-order chi connectivity index (χ1) is 7.06. The van der Waals surface area contributed by atoms with Gasteiger partial charge in [0.1, 0.15) is 0 Å². The van der Waals surface area contributed by atoms with Crippen molar-refractivity contribution in [2.75, 3.05) is 46.3 Å². The molecule has 0 aromatic heterocycles. The van der Waals surface area contributed by atoms with E-state index in [0.717, 1.165) is 39.3 Å². The van der Waals surface area contributed by atoms with Crippen LogP contribution in [0.5, 0.6) is 0 Å². The van der Waals surface area contributed by atoms with Crippen LogP contribution in [-0.4, -0.2) is 61.7 Å². The predicted octanol–water partition coefficient (Wildman–Crippen LogP) is 0.235. The number of hydrogen-bond donors (Lipinski definition) is 1. The van der Waals surface area contributed by atoms with E-state index < -0.39 is 0 Å². The molecule has 1 saturated heterocycles. The van der Waals surface area contributed by atoms with Gasteiger partial charge in [0.05, 0.1) is 6.54 Å². The molecule has 1 fully saturated rings. The van der Waals surface area contributed by atoms with Crippen LogP contribution in [0.3, 0.4) is 0 Å². The monoisotopic (exact) mass is 209 g/mol. The maximum Gasteiger partial charge on any atom is 0.0597 e. The number of hydrogen-bond acceptors (Lipinski definition) is 3. The molecular formula is C12H23N3. The van der Waals surface area contributed by atoms with Crippen molar-refractivity contribution < 1.29 is 0 Å². The molecule has 1 heterocycles. The highest BCUT2D eigenvalue weighted by Crippen LogP contribution is 2.15. The summed E-state index contributed by atoms with van der Waals surface area (Å²) in [5, 5.41) is 3.38. The van der Waals surface area contributed by atoms with Crippen molar-refractivity contribution in [3.8, 4) is 12.3 Å². The van der Waals surface area contributed by atoms with Gasteiger partial charge in [0.25, 0.3) is 0 Å². The van der Waals surface area contributed by atoms with Crippen molar-refractivity contribution in [3.63, 3.8) is 0 Å². The Hall–Kier alpha value is -0.560. The molecule has 0 aromatic carbocycles. The summed E-state index contributed by atoms with van der Waals surface area (Å²) >= 11 is 0. The Morgan fingerprint density at radius 3 is 2.53 bits per heavy atom. The summed E-state index contributed by atoms with van der Waals surface area (Å²) in [6.45, 7) is 10.8. The standard InChI is InChI=1S/C12H23N3/c1-5-8-14(4)11-12(2,3)15-9-6-13-7-10-15/h1,13H,6-11H2,2-4H3. The first-order valence-corrected chi connectivity index (χ1v) is 5.64. The Bertz CT molecular complexity index is 224. The number of nitrogens with one attached hydrogen (secondary N) is 1. The Labute approximate surface area is 93.8 Å². The molecule has 0 unspecified atom stereocenters. The van der Waals surface area contributed by atoms with Crippen LogP contribution in [0.2, 0.25) is 0 Å². The number of likely N-dealkylation sites (N-methyl/N-ethyl adjacent to an activating group) is 1. The van der Waals surface area contributed by atoms with Crippen molar-refractivity contribution in [3.05, 3.63) is 0 Å². The minimum atomic E-state index is 0.216. The molecule has 86 valence electrons. The van der Waals surface area contributed by atoms with E-state index >= 15 is 0 Å². The highest BCUT2D eigenvalue weighted by molar-refractivity contribution is 4.92. The summed E-state index contributed by atoms with van der Waals surface area (Å²) in [6, 6.07) is 0. The van der Waals surface area contributed by atoms with Crippen molar-refractivity contribution in [2.45, 2.75) is 19.4 Å². The van der Waals surface area contributed by atoms with Gasteiger partial charge in [0, 0.05) is 38.3 Å².